The monoisotopic (exact) mass is 229 g/mol. The van der Waals surface area contributed by atoms with Crippen molar-refractivity contribution in [2.75, 3.05) is 0 Å². The van der Waals surface area contributed by atoms with Gasteiger partial charge in [-0.05, 0) is 33.6 Å². The van der Waals surface area contributed by atoms with Crippen LogP contribution in [0.2, 0.25) is 0 Å². The van der Waals surface area contributed by atoms with Crippen molar-refractivity contribution in [3.63, 3.8) is 0 Å². The molecule has 0 aromatic heterocycles. The Bertz CT molecular complexity index is 280. The molecule has 0 spiro atoms. The van der Waals surface area contributed by atoms with Crippen LogP contribution in [0.15, 0.2) is 0 Å². The van der Waals surface area contributed by atoms with Crippen LogP contribution in [-0.4, -0.2) is 23.6 Å². The Morgan fingerprint density at radius 1 is 1.31 bits per heavy atom. The number of ether oxygens (including phenoxy) is 1. The third-order valence-corrected chi connectivity index (χ3v) is 2.37. The van der Waals surface area contributed by atoms with Crippen molar-refractivity contribution in [1.29, 1.82) is 0 Å². The molecule has 0 saturated heterocycles. The van der Waals surface area contributed by atoms with E-state index in [0.717, 1.165) is 0 Å². The summed E-state index contributed by atoms with van der Waals surface area (Å²) in [6.45, 7) is 5.41. The van der Waals surface area contributed by atoms with E-state index in [9.17, 15) is 9.59 Å². The SMILES string of the molecule is CC(C)(C)OC(=O)NC1CC(C(=O)NN)C1. The number of carbonyl (C=O) groups is 2. The summed E-state index contributed by atoms with van der Waals surface area (Å²) in [6.07, 6.45) is 0.786. The summed E-state index contributed by atoms with van der Waals surface area (Å²) in [4.78, 5) is 22.4. The Balaban J connectivity index is 2.22. The smallest absolute Gasteiger partial charge is 0.407 e. The van der Waals surface area contributed by atoms with Gasteiger partial charge in [-0.2, -0.15) is 0 Å². The van der Waals surface area contributed by atoms with Crippen molar-refractivity contribution >= 4 is 12.0 Å². The van der Waals surface area contributed by atoms with E-state index < -0.39 is 11.7 Å². The van der Waals surface area contributed by atoms with E-state index >= 15 is 0 Å². The summed E-state index contributed by atoms with van der Waals surface area (Å²) in [7, 11) is 0. The average Bonchev–Trinajstić information content (AvgIpc) is 2.06. The molecule has 0 heterocycles. The highest BCUT2D eigenvalue weighted by molar-refractivity contribution is 5.79. The Hall–Kier alpha value is -1.30. The highest BCUT2D eigenvalue weighted by atomic mass is 16.6. The minimum atomic E-state index is -0.498. The maximum absolute atomic E-state index is 11.3. The van der Waals surface area contributed by atoms with Gasteiger partial charge in [-0.15, -0.1) is 0 Å². The van der Waals surface area contributed by atoms with Crippen molar-refractivity contribution < 1.29 is 14.3 Å². The fourth-order valence-electron chi connectivity index (χ4n) is 1.54. The van der Waals surface area contributed by atoms with Gasteiger partial charge in [0.05, 0.1) is 0 Å². The first-order valence-electron chi connectivity index (χ1n) is 5.32. The van der Waals surface area contributed by atoms with E-state index in [0.29, 0.717) is 12.8 Å². The molecule has 1 fully saturated rings. The molecule has 0 aromatic carbocycles. The normalized spacial score (nSPS) is 24.2. The van der Waals surface area contributed by atoms with Crippen LogP contribution in [0.4, 0.5) is 4.79 Å². The molecule has 1 aliphatic carbocycles. The molecule has 0 aliphatic heterocycles. The van der Waals surface area contributed by atoms with Gasteiger partial charge in [-0.3, -0.25) is 10.2 Å². The van der Waals surface area contributed by atoms with Gasteiger partial charge in [0, 0.05) is 12.0 Å². The van der Waals surface area contributed by atoms with Crippen molar-refractivity contribution in [2.45, 2.75) is 45.3 Å². The van der Waals surface area contributed by atoms with E-state index in [1.54, 1.807) is 20.8 Å². The maximum atomic E-state index is 11.3. The topological polar surface area (TPSA) is 93.4 Å². The van der Waals surface area contributed by atoms with Crippen LogP contribution in [0, 0.1) is 5.92 Å². The zero-order chi connectivity index (χ0) is 12.3. The van der Waals surface area contributed by atoms with Crippen molar-refractivity contribution in [2.24, 2.45) is 11.8 Å². The van der Waals surface area contributed by atoms with Gasteiger partial charge in [0.25, 0.3) is 0 Å². The predicted octanol–water partition coefficient (Wildman–Crippen LogP) is 0.280. The molecule has 0 bridgehead atoms. The van der Waals surface area contributed by atoms with Crippen LogP contribution >= 0.6 is 0 Å². The van der Waals surface area contributed by atoms with Crippen molar-refractivity contribution in [1.82, 2.24) is 10.7 Å². The van der Waals surface area contributed by atoms with Gasteiger partial charge < -0.3 is 10.1 Å². The van der Waals surface area contributed by atoms with Crippen LogP contribution < -0.4 is 16.6 Å². The summed E-state index contributed by atoms with van der Waals surface area (Å²) in [6, 6.07) is 0.0112. The van der Waals surface area contributed by atoms with Crippen LogP contribution in [0.5, 0.6) is 0 Å². The number of amides is 2. The molecule has 0 aromatic rings. The van der Waals surface area contributed by atoms with Gasteiger partial charge in [-0.25, -0.2) is 10.6 Å². The van der Waals surface area contributed by atoms with Gasteiger partial charge in [0.15, 0.2) is 0 Å². The molecule has 1 saturated carbocycles. The minimum absolute atomic E-state index is 0.0112. The maximum Gasteiger partial charge on any atom is 0.407 e. The quantitative estimate of drug-likeness (QED) is 0.360. The molecule has 0 unspecified atom stereocenters. The van der Waals surface area contributed by atoms with Gasteiger partial charge >= 0.3 is 6.09 Å². The van der Waals surface area contributed by atoms with Crippen molar-refractivity contribution in [3.8, 4) is 0 Å². The van der Waals surface area contributed by atoms with Crippen LogP contribution in [-0.2, 0) is 9.53 Å². The number of hydrogen-bond acceptors (Lipinski definition) is 4. The summed E-state index contributed by atoms with van der Waals surface area (Å²) >= 11 is 0. The van der Waals surface area contributed by atoms with Crippen LogP contribution in [0.1, 0.15) is 33.6 Å². The summed E-state index contributed by atoms with van der Waals surface area (Å²) < 4.78 is 5.09. The molecular formula is C10H19N3O3. The highest BCUT2D eigenvalue weighted by Gasteiger charge is 2.35. The number of rotatable bonds is 2. The number of alkyl carbamates (subject to hydrolysis) is 1. The predicted molar refractivity (Wildman–Crippen MR) is 58.2 cm³/mol. The molecule has 1 rings (SSSR count). The minimum Gasteiger partial charge on any atom is -0.444 e. The van der Waals surface area contributed by atoms with Gasteiger partial charge in [0.1, 0.15) is 5.60 Å². The largest absolute Gasteiger partial charge is 0.444 e. The summed E-state index contributed by atoms with van der Waals surface area (Å²) in [5, 5.41) is 2.70. The molecule has 6 heteroatoms. The zero-order valence-corrected chi connectivity index (χ0v) is 9.87. The standard InChI is InChI=1S/C10H19N3O3/c1-10(2,3)16-9(15)12-7-4-6(5-7)8(14)13-11/h6-7H,4-5,11H2,1-3H3,(H,12,15)(H,13,14). The molecule has 92 valence electrons. The second-order valence-corrected chi connectivity index (χ2v) is 5.02. The molecule has 0 atom stereocenters. The first-order valence-corrected chi connectivity index (χ1v) is 5.32. The molecule has 0 radical (unpaired) electrons. The lowest BCUT2D eigenvalue weighted by molar-refractivity contribution is -0.128. The lowest BCUT2D eigenvalue weighted by Gasteiger charge is -2.34. The number of hydrazine groups is 1. The Kier molecular flexibility index (Phi) is 3.74. The summed E-state index contributed by atoms with van der Waals surface area (Å²) in [5.74, 6) is 4.73. The Labute approximate surface area is 94.9 Å². The lowest BCUT2D eigenvalue weighted by atomic mass is 9.80. The number of carbonyl (C=O) groups excluding carboxylic acids is 2. The molecule has 16 heavy (non-hydrogen) atoms. The Morgan fingerprint density at radius 2 is 1.88 bits per heavy atom. The van der Waals surface area contributed by atoms with Gasteiger partial charge in [-0.1, -0.05) is 0 Å². The third-order valence-electron chi connectivity index (χ3n) is 2.37. The molecule has 4 N–H and O–H groups in total. The molecule has 2 amide bonds. The van der Waals surface area contributed by atoms with Crippen molar-refractivity contribution in [3.05, 3.63) is 0 Å². The highest BCUT2D eigenvalue weighted by Crippen LogP contribution is 2.27. The molecule has 1 aliphatic rings. The van der Waals surface area contributed by atoms with Gasteiger partial charge in [0.2, 0.25) is 5.91 Å². The first kappa shape index (κ1) is 12.8. The van der Waals surface area contributed by atoms with E-state index in [4.69, 9.17) is 10.6 Å². The summed E-state index contributed by atoms with van der Waals surface area (Å²) in [5.41, 5.74) is 1.60. The van der Waals surface area contributed by atoms with Crippen LogP contribution in [0.25, 0.3) is 0 Å². The first-order chi connectivity index (χ1) is 7.31. The molecule has 6 nitrogen and oxygen atoms in total. The number of nitrogens with two attached hydrogens (primary N) is 1. The van der Waals surface area contributed by atoms with E-state index in [1.165, 1.54) is 0 Å². The second kappa shape index (κ2) is 4.69. The fourth-order valence-corrected chi connectivity index (χ4v) is 1.54. The fraction of sp³-hybridized carbons (Fsp3) is 0.800. The zero-order valence-electron chi connectivity index (χ0n) is 9.87. The Morgan fingerprint density at radius 3 is 2.31 bits per heavy atom. The second-order valence-electron chi connectivity index (χ2n) is 5.02. The van der Waals surface area contributed by atoms with E-state index in [1.807, 2.05) is 0 Å². The van der Waals surface area contributed by atoms with E-state index in [2.05, 4.69) is 10.7 Å². The lowest BCUT2D eigenvalue weighted by Crippen LogP contribution is -2.51. The molecular weight excluding hydrogens is 210 g/mol. The number of nitrogens with one attached hydrogen (secondary N) is 2. The number of hydrogen-bond donors (Lipinski definition) is 3. The third kappa shape index (κ3) is 3.69. The van der Waals surface area contributed by atoms with E-state index in [-0.39, 0.29) is 17.9 Å². The van der Waals surface area contributed by atoms with Crippen LogP contribution in [0.3, 0.4) is 0 Å². The average molecular weight is 229 g/mol.